The van der Waals surface area contributed by atoms with Crippen molar-refractivity contribution in [2.75, 3.05) is 14.2 Å². The van der Waals surface area contributed by atoms with Crippen LogP contribution in [-0.4, -0.2) is 40.3 Å². The van der Waals surface area contributed by atoms with Crippen LogP contribution in [0.15, 0.2) is 48.9 Å². The number of imidazole rings is 1. The van der Waals surface area contributed by atoms with Gasteiger partial charge < -0.3 is 19.1 Å². The van der Waals surface area contributed by atoms with Crippen molar-refractivity contribution in [2.24, 2.45) is 0 Å². The second-order valence-corrected chi connectivity index (χ2v) is 6.19. The zero-order chi connectivity index (χ0) is 20.5. The number of aromatic nitrogens is 3. The third-order valence-corrected chi connectivity index (χ3v) is 4.24. The van der Waals surface area contributed by atoms with E-state index in [0.29, 0.717) is 11.5 Å². The Morgan fingerprint density at radius 1 is 1.18 bits per heavy atom. The van der Waals surface area contributed by atoms with Gasteiger partial charge in [0, 0.05) is 36.7 Å². The number of aryl methyl sites for hydroxylation is 1. The van der Waals surface area contributed by atoms with E-state index >= 15 is 0 Å². The van der Waals surface area contributed by atoms with Crippen molar-refractivity contribution in [1.82, 2.24) is 14.5 Å². The number of hydrogen-bond acceptors (Lipinski definition) is 5. The van der Waals surface area contributed by atoms with Crippen molar-refractivity contribution in [2.45, 2.75) is 26.3 Å². The van der Waals surface area contributed by atoms with Crippen LogP contribution in [0.2, 0.25) is 0 Å². The third-order valence-electron chi connectivity index (χ3n) is 4.24. The summed E-state index contributed by atoms with van der Waals surface area (Å²) in [6.07, 6.45) is 6.47. The molecule has 0 aliphatic carbocycles. The Kier molecular flexibility index (Phi) is 7.56. The minimum atomic E-state index is -0.250. The predicted molar refractivity (Wildman–Crippen MR) is 107 cm³/mol. The summed E-state index contributed by atoms with van der Waals surface area (Å²) in [4.78, 5) is 17.4. The molecular formula is C21H25N3O4. The van der Waals surface area contributed by atoms with Gasteiger partial charge in [-0.05, 0) is 43.7 Å². The highest BCUT2D eigenvalue weighted by molar-refractivity contribution is 5.70. The van der Waals surface area contributed by atoms with Crippen LogP contribution in [0.1, 0.15) is 24.2 Å². The van der Waals surface area contributed by atoms with Gasteiger partial charge in [0.2, 0.25) is 0 Å². The van der Waals surface area contributed by atoms with Gasteiger partial charge in [-0.2, -0.15) is 0 Å². The van der Waals surface area contributed by atoms with Gasteiger partial charge in [-0.15, -0.1) is 0 Å². The Bertz CT molecular complexity index is 894. The molecule has 7 nitrogen and oxygen atoms in total. The molecule has 0 amide bonds. The summed E-state index contributed by atoms with van der Waals surface area (Å²) in [5, 5.41) is 6.89. The van der Waals surface area contributed by atoms with E-state index in [4.69, 9.17) is 19.4 Å². The van der Waals surface area contributed by atoms with Crippen LogP contribution in [0.3, 0.4) is 0 Å². The van der Waals surface area contributed by atoms with Gasteiger partial charge in [0.25, 0.3) is 6.47 Å². The molecule has 2 heterocycles. The van der Waals surface area contributed by atoms with E-state index in [1.807, 2.05) is 49.8 Å². The highest BCUT2D eigenvalue weighted by Crippen LogP contribution is 2.39. The topological polar surface area (TPSA) is 86.5 Å². The maximum absolute atomic E-state index is 8.36. The zero-order valence-corrected chi connectivity index (χ0v) is 16.5. The van der Waals surface area contributed by atoms with E-state index in [0.717, 1.165) is 29.1 Å². The first-order valence-electron chi connectivity index (χ1n) is 8.79. The lowest BCUT2D eigenvalue weighted by Crippen LogP contribution is -2.10. The highest BCUT2D eigenvalue weighted by Gasteiger charge is 2.19. The molecule has 0 spiro atoms. The number of hydrogen-bond donors (Lipinski definition) is 1. The Morgan fingerprint density at radius 2 is 1.93 bits per heavy atom. The molecule has 0 aliphatic rings. The minimum Gasteiger partial charge on any atom is -0.493 e. The number of carbonyl (C=O) groups is 1. The van der Waals surface area contributed by atoms with E-state index in [9.17, 15) is 0 Å². The van der Waals surface area contributed by atoms with Crippen molar-refractivity contribution in [3.63, 3.8) is 0 Å². The molecule has 0 saturated carbocycles. The molecule has 148 valence electrons. The Labute approximate surface area is 164 Å². The van der Waals surface area contributed by atoms with Crippen molar-refractivity contribution in [3.05, 3.63) is 60.2 Å². The molecular weight excluding hydrogens is 358 g/mol. The third kappa shape index (κ3) is 4.88. The van der Waals surface area contributed by atoms with E-state index < -0.39 is 0 Å². The summed E-state index contributed by atoms with van der Waals surface area (Å²) >= 11 is 0. The van der Waals surface area contributed by atoms with E-state index in [-0.39, 0.29) is 12.5 Å². The van der Waals surface area contributed by atoms with Gasteiger partial charge in [-0.25, -0.2) is 4.98 Å². The average molecular weight is 383 g/mol. The fourth-order valence-corrected chi connectivity index (χ4v) is 3.07. The van der Waals surface area contributed by atoms with Crippen LogP contribution in [0.5, 0.6) is 11.5 Å². The van der Waals surface area contributed by atoms with Crippen LogP contribution in [0.4, 0.5) is 0 Å². The van der Waals surface area contributed by atoms with Crippen molar-refractivity contribution < 1.29 is 19.4 Å². The Morgan fingerprint density at radius 3 is 2.54 bits per heavy atom. The highest BCUT2D eigenvalue weighted by atomic mass is 16.5. The summed E-state index contributed by atoms with van der Waals surface area (Å²) in [5.74, 6) is 2.28. The summed E-state index contributed by atoms with van der Waals surface area (Å²) in [6, 6.07) is 10.2. The summed E-state index contributed by atoms with van der Waals surface area (Å²) in [6.45, 7) is 3.95. The van der Waals surface area contributed by atoms with Crippen molar-refractivity contribution in [3.8, 4) is 22.9 Å². The average Bonchev–Trinajstić information content (AvgIpc) is 3.18. The number of nitrogens with zero attached hydrogens (tertiary/aromatic N) is 3. The molecule has 1 aromatic carbocycles. The first-order chi connectivity index (χ1) is 13.5. The van der Waals surface area contributed by atoms with Gasteiger partial charge in [0.15, 0.2) is 11.5 Å². The number of pyridine rings is 1. The van der Waals surface area contributed by atoms with Gasteiger partial charge >= 0.3 is 0 Å². The maximum Gasteiger partial charge on any atom is 0.290 e. The normalized spacial score (nSPS) is 11.1. The maximum atomic E-state index is 8.36. The first kappa shape index (κ1) is 21.0. The molecule has 3 rings (SSSR count). The van der Waals surface area contributed by atoms with Crippen LogP contribution >= 0.6 is 0 Å². The number of carboxylic acid groups (broad SMARTS) is 1. The minimum absolute atomic E-state index is 0.212. The number of methoxy groups -OCH3 is 2. The molecule has 0 aliphatic heterocycles. The molecule has 7 heteroatoms. The number of benzene rings is 1. The fraction of sp³-hybridized carbons (Fsp3) is 0.286. The van der Waals surface area contributed by atoms with E-state index in [1.165, 1.54) is 0 Å². The lowest BCUT2D eigenvalue weighted by atomic mass is 10.1. The monoisotopic (exact) mass is 383 g/mol. The largest absolute Gasteiger partial charge is 0.493 e. The second-order valence-electron chi connectivity index (χ2n) is 6.19. The Balaban J connectivity index is 0.000000878. The summed E-state index contributed by atoms with van der Waals surface area (Å²) < 4.78 is 13.2. The van der Waals surface area contributed by atoms with Crippen LogP contribution in [0, 0.1) is 6.92 Å². The molecule has 0 saturated heterocycles. The molecule has 0 fully saturated rings. The van der Waals surface area contributed by atoms with Gasteiger partial charge in [-0.1, -0.05) is 6.07 Å². The molecule has 1 N–H and O–H groups in total. The molecule has 1 atom stereocenters. The van der Waals surface area contributed by atoms with Crippen LogP contribution in [-0.2, 0) is 11.2 Å². The zero-order valence-electron chi connectivity index (χ0n) is 16.5. The van der Waals surface area contributed by atoms with E-state index in [1.54, 1.807) is 14.2 Å². The van der Waals surface area contributed by atoms with Gasteiger partial charge in [-0.3, -0.25) is 9.78 Å². The Hall–Kier alpha value is -3.35. The molecule has 0 bridgehead atoms. The van der Waals surface area contributed by atoms with Crippen molar-refractivity contribution >= 4 is 6.47 Å². The molecule has 1 unspecified atom stereocenters. The first-order valence-corrected chi connectivity index (χ1v) is 8.79. The fourth-order valence-electron chi connectivity index (χ4n) is 3.07. The second kappa shape index (κ2) is 10.1. The smallest absolute Gasteiger partial charge is 0.290 e. The molecule has 2 aromatic heterocycles. The number of ether oxygens (including phenoxy) is 2. The SMILES string of the molecule is COc1cc(C)cc(-c2nccn2C(C)Cc2ccccn2)c1OC.O=CO. The lowest BCUT2D eigenvalue weighted by molar-refractivity contribution is -0.122. The molecule has 0 radical (unpaired) electrons. The summed E-state index contributed by atoms with van der Waals surface area (Å²) in [7, 11) is 3.30. The van der Waals surface area contributed by atoms with Gasteiger partial charge in [0.1, 0.15) is 5.82 Å². The van der Waals surface area contributed by atoms with E-state index in [2.05, 4.69) is 27.5 Å². The summed E-state index contributed by atoms with van der Waals surface area (Å²) in [5.41, 5.74) is 3.08. The van der Waals surface area contributed by atoms with Crippen LogP contribution in [0.25, 0.3) is 11.4 Å². The quantitative estimate of drug-likeness (QED) is 0.652. The van der Waals surface area contributed by atoms with Crippen LogP contribution < -0.4 is 9.47 Å². The predicted octanol–water partition coefficient (Wildman–Crippen LogP) is 3.78. The standard InChI is InChI=1S/C20H23N3O2.CH2O2/c1-14-11-17(19(25-4)18(12-14)24-3)20-22-9-10-23(20)15(2)13-16-7-5-6-8-21-16;2-1-3/h5-12,15H,13H2,1-4H3;1H,(H,2,3). The lowest BCUT2D eigenvalue weighted by Gasteiger charge is -2.19. The molecule has 3 aromatic rings. The number of rotatable bonds is 6. The van der Waals surface area contributed by atoms with Crippen molar-refractivity contribution in [1.29, 1.82) is 0 Å². The van der Waals surface area contributed by atoms with Gasteiger partial charge in [0.05, 0.1) is 19.8 Å². The molecule has 28 heavy (non-hydrogen) atoms.